The second-order valence-corrected chi connectivity index (χ2v) is 5.16. The summed E-state index contributed by atoms with van der Waals surface area (Å²) in [6, 6.07) is 1.58. The summed E-state index contributed by atoms with van der Waals surface area (Å²) in [5.41, 5.74) is 0. The van der Waals surface area contributed by atoms with E-state index < -0.39 is 5.91 Å². The van der Waals surface area contributed by atoms with Crippen molar-refractivity contribution in [2.45, 2.75) is 63.9 Å². The van der Waals surface area contributed by atoms with Crippen molar-refractivity contribution in [3.63, 3.8) is 0 Å². The van der Waals surface area contributed by atoms with Crippen molar-refractivity contribution in [3.8, 4) is 0 Å². The van der Waals surface area contributed by atoms with Gasteiger partial charge in [0.1, 0.15) is 0 Å². The summed E-state index contributed by atoms with van der Waals surface area (Å²) in [5.74, 6) is -0.488. The number of nitrogens with one attached hydrogen (secondary N) is 1. The molecule has 0 bridgehead atoms. The van der Waals surface area contributed by atoms with E-state index in [2.05, 4.69) is 5.32 Å². The van der Waals surface area contributed by atoms with Crippen molar-refractivity contribution < 1.29 is 9.47 Å². The monoisotopic (exact) mass is 245 g/mol. The highest BCUT2D eigenvalue weighted by molar-refractivity contribution is 6.09. The highest BCUT2D eigenvalue weighted by atomic mass is 28.1. The van der Waals surface area contributed by atoms with Crippen LogP contribution in [-0.2, 0) is 9.47 Å². The Morgan fingerprint density at radius 2 is 1.69 bits per heavy atom. The molecule has 1 saturated carbocycles. The molecule has 0 heterocycles. The van der Waals surface area contributed by atoms with Crippen LogP contribution in [0.2, 0.25) is 6.04 Å². The predicted octanol–water partition coefficient (Wildman–Crippen LogP) is 1.42. The van der Waals surface area contributed by atoms with Gasteiger partial charge in [0.25, 0.3) is 0 Å². The van der Waals surface area contributed by atoms with E-state index in [4.69, 9.17) is 9.47 Å². The van der Waals surface area contributed by atoms with E-state index in [1.807, 2.05) is 13.8 Å². The van der Waals surface area contributed by atoms with E-state index >= 15 is 0 Å². The van der Waals surface area contributed by atoms with Crippen molar-refractivity contribution in [2.24, 2.45) is 0 Å². The van der Waals surface area contributed by atoms with Gasteiger partial charge < -0.3 is 9.47 Å². The lowest BCUT2D eigenvalue weighted by molar-refractivity contribution is -0.245. The Bertz CT molecular complexity index is 178. The average molecular weight is 245 g/mol. The maximum atomic E-state index is 5.82. The highest BCUT2D eigenvalue weighted by Crippen LogP contribution is 2.22. The summed E-state index contributed by atoms with van der Waals surface area (Å²) in [4.78, 5) is 0. The molecule has 1 aliphatic rings. The van der Waals surface area contributed by atoms with Crippen LogP contribution < -0.4 is 5.32 Å². The minimum Gasteiger partial charge on any atom is -0.338 e. The van der Waals surface area contributed by atoms with Gasteiger partial charge in [-0.3, -0.25) is 5.32 Å². The van der Waals surface area contributed by atoms with Gasteiger partial charge in [0.2, 0.25) is 5.91 Å². The van der Waals surface area contributed by atoms with Gasteiger partial charge in [-0.25, -0.2) is 0 Å². The molecule has 0 aromatic heterocycles. The van der Waals surface area contributed by atoms with Crippen molar-refractivity contribution in [1.29, 1.82) is 0 Å². The molecular weight excluding hydrogens is 218 g/mol. The molecule has 3 nitrogen and oxygen atoms in total. The molecule has 0 aliphatic heterocycles. The van der Waals surface area contributed by atoms with Crippen LogP contribution in [0.5, 0.6) is 0 Å². The van der Waals surface area contributed by atoms with Gasteiger partial charge in [0, 0.05) is 35.5 Å². The Labute approximate surface area is 103 Å². The van der Waals surface area contributed by atoms with Gasteiger partial charge in [-0.15, -0.1) is 0 Å². The van der Waals surface area contributed by atoms with Gasteiger partial charge in [-0.05, 0) is 26.7 Å². The zero-order chi connectivity index (χ0) is 11.9. The minimum absolute atomic E-state index is 0.488. The summed E-state index contributed by atoms with van der Waals surface area (Å²) in [5, 5.41) is 3.61. The minimum atomic E-state index is -0.488. The van der Waals surface area contributed by atoms with Gasteiger partial charge in [0.15, 0.2) is 0 Å². The Morgan fingerprint density at radius 3 is 2.12 bits per heavy atom. The van der Waals surface area contributed by atoms with Crippen molar-refractivity contribution in [2.75, 3.05) is 13.2 Å². The van der Waals surface area contributed by atoms with Crippen molar-refractivity contribution >= 4 is 10.2 Å². The Kier molecular flexibility index (Phi) is 6.57. The fraction of sp³-hybridized carbons (Fsp3) is 1.00. The fourth-order valence-electron chi connectivity index (χ4n) is 2.46. The molecule has 0 radical (unpaired) electrons. The quantitative estimate of drug-likeness (QED) is 0.543. The molecular formula is C12H27NO2Si. The molecule has 0 unspecified atom stereocenters. The molecule has 4 heteroatoms. The van der Waals surface area contributed by atoms with Crippen LogP contribution in [-0.4, -0.2) is 35.4 Å². The molecule has 0 atom stereocenters. The lowest BCUT2D eigenvalue weighted by atomic mass is 9.95. The second kappa shape index (κ2) is 7.43. The normalized spacial score (nSPS) is 19.1. The molecule has 1 N–H and O–H groups in total. The average Bonchev–Trinajstić information content (AvgIpc) is 2.31. The summed E-state index contributed by atoms with van der Waals surface area (Å²) in [6.07, 6.45) is 6.60. The van der Waals surface area contributed by atoms with E-state index in [9.17, 15) is 0 Å². The number of hydrogen-bond acceptors (Lipinski definition) is 3. The molecule has 16 heavy (non-hydrogen) atoms. The number of rotatable bonds is 7. The Hall–Kier alpha value is 0.0969. The SMILES string of the molecule is CCOC(C[SiH3])(NC1CCCCC1)OCC. The zero-order valence-electron chi connectivity index (χ0n) is 11.1. The van der Waals surface area contributed by atoms with E-state index in [1.165, 1.54) is 32.1 Å². The maximum absolute atomic E-state index is 5.82. The first kappa shape index (κ1) is 14.2. The molecule has 0 saturated heterocycles. The fourth-order valence-corrected chi connectivity index (χ4v) is 3.07. The van der Waals surface area contributed by atoms with Gasteiger partial charge in [0.05, 0.1) is 0 Å². The zero-order valence-corrected chi connectivity index (χ0v) is 13.1. The van der Waals surface area contributed by atoms with Gasteiger partial charge in [-0.2, -0.15) is 0 Å². The molecule has 0 aromatic carbocycles. The predicted molar refractivity (Wildman–Crippen MR) is 70.7 cm³/mol. The molecule has 1 rings (SSSR count). The number of hydrogen-bond donors (Lipinski definition) is 1. The highest BCUT2D eigenvalue weighted by Gasteiger charge is 2.32. The van der Waals surface area contributed by atoms with Gasteiger partial charge >= 0.3 is 0 Å². The third-order valence-corrected chi connectivity index (χ3v) is 4.18. The molecule has 96 valence electrons. The lowest BCUT2D eigenvalue weighted by Gasteiger charge is -2.38. The maximum Gasteiger partial charge on any atom is 0.224 e. The van der Waals surface area contributed by atoms with Crippen LogP contribution in [0, 0.1) is 0 Å². The third-order valence-electron chi connectivity index (χ3n) is 3.25. The van der Waals surface area contributed by atoms with Crippen LogP contribution in [0.1, 0.15) is 46.0 Å². The largest absolute Gasteiger partial charge is 0.338 e. The van der Waals surface area contributed by atoms with Gasteiger partial charge in [-0.1, -0.05) is 19.3 Å². The summed E-state index contributed by atoms with van der Waals surface area (Å²) >= 11 is 0. The molecule has 0 aromatic rings. The standard InChI is InChI=1S/C12H27NO2Si/c1-3-14-12(10-16,15-4-2)13-11-8-6-5-7-9-11/h11,13H,3-10H2,1-2,16H3. The van der Waals surface area contributed by atoms with E-state index in [-0.39, 0.29) is 0 Å². The van der Waals surface area contributed by atoms with Crippen LogP contribution in [0.15, 0.2) is 0 Å². The third kappa shape index (κ3) is 4.16. The Balaban J connectivity index is 2.52. The first-order valence-corrected chi connectivity index (χ1v) is 8.23. The lowest BCUT2D eigenvalue weighted by Crippen LogP contribution is -2.54. The first-order chi connectivity index (χ1) is 7.76. The van der Waals surface area contributed by atoms with Crippen molar-refractivity contribution in [3.05, 3.63) is 0 Å². The summed E-state index contributed by atoms with van der Waals surface area (Å²) in [7, 11) is 1.09. The number of ether oxygens (including phenoxy) is 2. The molecule has 0 amide bonds. The van der Waals surface area contributed by atoms with Crippen LogP contribution in [0.3, 0.4) is 0 Å². The van der Waals surface area contributed by atoms with Crippen molar-refractivity contribution in [1.82, 2.24) is 5.32 Å². The smallest absolute Gasteiger partial charge is 0.224 e. The summed E-state index contributed by atoms with van der Waals surface area (Å²) < 4.78 is 11.6. The topological polar surface area (TPSA) is 30.5 Å². The van der Waals surface area contributed by atoms with E-state index in [0.717, 1.165) is 16.3 Å². The molecule has 1 aliphatic carbocycles. The summed E-state index contributed by atoms with van der Waals surface area (Å²) in [6.45, 7) is 5.49. The molecule has 0 spiro atoms. The van der Waals surface area contributed by atoms with E-state index in [1.54, 1.807) is 0 Å². The van der Waals surface area contributed by atoms with Crippen LogP contribution in [0.4, 0.5) is 0 Å². The Morgan fingerprint density at radius 1 is 1.12 bits per heavy atom. The second-order valence-electron chi connectivity index (χ2n) is 4.45. The van der Waals surface area contributed by atoms with E-state index in [0.29, 0.717) is 19.3 Å². The molecule has 1 fully saturated rings. The van der Waals surface area contributed by atoms with Crippen LogP contribution >= 0.6 is 0 Å². The first-order valence-electron chi connectivity index (χ1n) is 6.82. The van der Waals surface area contributed by atoms with Crippen LogP contribution in [0.25, 0.3) is 0 Å².